The second-order valence-electron chi connectivity index (χ2n) is 13.1. The molecular formula is C34H62O4S. The summed E-state index contributed by atoms with van der Waals surface area (Å²) in [6.45, 7) is 3.98. The van der Waals surface area contributed by atoms with Crippen LogP contribution in [0.15, 0.2) is 0 Å². The van der Waals surface area contributed by atoms with Gasteiger partial charge in [-0.3, -0.25) is 0 Å². The average Bonchev–Trinajstić information content (AvgIpc) is 3.76. The molecule has 0 amide bonds. The number of thioether (sulfide) groups is 1. The molecule has 4 rings (SSSR count). The first-order valence-electron chi connectivity index (χ1n) is 17.5. The highest BCUT2D eigenvalue weighted by Crippen LogP contribution is 2.34. The molecule has 0 aliphatic carbocycles. The molecule has 4 fully saturated rings. The minimum Gasteiger partial charge on any atom is -0.378 e. The molecule has 4 heterocycles. The van der Waals surface area contributed by atoms with Crippen LogP contribution in [0.25, 0.3) is 0 Å². The number of unbranched alkanes of at least 4 members (excludes halogenated alkanes) is 4. The molecule has 0 aromatic carbocycles. The summed E-state index contributed by atoms with van der Waals surface area (Å²) in [5, 5.41) is 1.66. The minimum absolute atomic E-state index is 0.549. The van der Waals surface area contributed by atoms with Gasteiger partial charge in [0, 0.05) is 36.9 Å². The van der Waals surface area contributed by atoms with E-state index < -0.39 is 0 Å². The van der Waals surface area contributed by atoms with Crippen LogP contribution >= 0.6 is 11.8 Å². The van der Waals surface area contributed by atoms with Crippen LogP contribution in [0.5, 0.6) is 0 Å². The van der Waals surface area contributed by atoms with Gasteiger partial charge in [0.15, 0.2) is 0 Å². The highest BCUT2D eigenvalue weighted by atomic mass is 32.2. The van der Waals surface area contributed by atoms with E-state index in [1.807, 2.05) is 0 Å². The highest BCUT2D eigenvalue weighted by Gasteiger charge is 2.22. The summed E-state index contributed by atoms with van der Waals surface area (Å²) in [5.74, 6) is 0. The van der Waals surface area contributed by atoms with Gasteiger partial charge in [0.1, 0.15) is 0 Å². The van der Waals surface area contributed by atoms with Gasteiger partial charge < -0.3 is 18.9 Å². The molecule has 6 unspecified atom stereocenters. The van der Waals surface area contributed by atoms with Crippen molar-refractivity contribution in [1.82, 2.24) is 0 Å². The van der Waals surface area contributed by atoms with Crippen molar-refractivity contribution >= 4 is 11.8 Å². The number of rotatable bonds is 22. The standard InChI is InChI=1S/C34H62O4S/c1(3-13-29-17-9-25-35-29)5-21-33(23-7-15-31-19-11-27-37-31)39-34(24-8-16-32-20-12-28-38-32)22-6-2-4-14-30-18-10-26-36-30/h29-34H,1-28H2. The van der Waals surface area contributed by atoms with Crippen molar-refractivity contribution in [1.29, 1.82) is 0 Å². The predicted molar refractivity (Wildman–Crippen MR) is 165 cm³/mol. The van der Waals surface area contributed by atoms with Crippen molar-refractivity contribution in [2.45, 2.75) is 189 Å². The fourth-order valence-corrected chi connectivity index (χ4v) is 9.06. The van der Waals surface area contributed by atoms with Crippen molar-refractivity contribution in [3.63, 3.8) is 0 Å². The molecule has 0 spiro atoms. The Labute approximate surface area is 245 Å². The minimum atomic E-state index is 0.549. The molecule has 4 aliphatic heterocycles. The Kier molecular flexibility index (Phi) is 16.6. The summed E-state index contributed by atoms with van der Waals surface area (Å²) < 4.78 is 23.6. The lowest BCUT2D eigenvalue weighted by atomic mass is 10.0. The molecule has 228 valence electrons. The SMILES string of the molecule is C(CCC1CCCO1)CCC(CCCC1CCCO1)SC(CCCCCC1CCCO1)CCCC1CCCO1. The smallest absolute Gasteiger partial charge is 0.0576 e. The molecule has 4 nitrogen and oxygen atoms in total. The Bertz CT molecular complexity index is 530. The first-order valence-corrected chi connectivity index (χ1v) is 18.4. The van der Waals surface area contributed by atoms with Crippen molar-refractivity contribution in [3.05, 3.63) is 0 Å². The van der Waals surface area contributed by atoms with Gasteiger partial charge in [0.05, 0.1) is 24.4 Å². The van der Waals surface area contributed by atoms with Crippen LogP contribution in [-0.2, 0) is 18.9 Å². The van der Waals surface area contributed by atoms with Crippen LogP contribution in [0, 0.1) is 0 Å². The van der Waals surface area contributed by atoms with Crippen LogP contribution in [0.4, 0.5) is 0 Å². The zero-order valence-corrected chi connectivity index (χ0v) is 26.1. The molecule has 0 radical (unpaired) electrons. The molecule has 0 aromatic heterocycles. The quantitative estimate of drug-likeness (QED) is 0.122. The van der Waals surface area contributed by atoms with E-state index in [1.54, 1.807) is 0 Å². The van der Waals surface area contributed by atoms with Gasteiger partial charge >= 0.3 is 0 Å². The number of hydrogen-bond donors (Lipinski definition) is 0. The summed E-state index contributed by atoms with van der Waals surface area (Å²) in [7, 11) is 0. The Morgan fingerprint density at radius 2 is 0.744 bits per heavy atom. The molecule has 0 aromatic rings. The molecule has 4 saturated heterocycles. The van der Waals surface area contributed by atoms with E-state index in [0.717, 1.165) is 36.9 Å². The summed E-state index contributed by atoms with van der Waals surface area (Å²) in [6.07, 6.45) is 34.2. The van der Waals surface area contributed by atoms with Gasteiger partial charge in [0.2, 0.25) is 0 Å². The van der Waals surface area contributed by atoms with Gasteiger partial charge in [-0.15, -0.1) is 0 Å². The van der Waals surface area contributed by atoms with Gasteiger partial charge in [-0.25, -0.2) is 0 Å². The van der Waals surface area contributed by atoms with E-state index in [0.29, 0.717) is 24.4 Å². The molecule has 0 bridgehead atoms. The van der Waals surface area contributed by atoms with Gasteiger partial charge in [-0.05, 0) is 116 Å². The third-order valence-electron chi connectivity index (χ3n) is 9.69. The van der Waals surface area contributed by atoms with E-state index in [-0.39, 0.29) is 0 Å². The van der Waals surface area contributed by atoms with Crippen molar-refractivity contribution in [2.24, 2.45) is 0 Å². The lowest BCUT2D eigenvalue weighted by molar-refractivity contribution is 0.101. The maximum absolute atomic E-state index is 5.95. The molecule has 5 heteroatoms. The fourth-order valence-electron chi connectivity index (χ4n) is 7.31. The fraction of sp³-hybridized carbons (Fsp3) is 1.00. The molecule has 39 heavy (non-hydrogen) atoms. The van der Waals surface area contributed by atoms with Gasteiger partial charge in [0.25, 0.3) is 0 Å². The Balaban J connectivity index is 1.19. The third kappa shape index (κ3) is 13.8. The Morgan fingerprint density at radius 1 is 0.410 bits per heavy atom. The molecular weight excluding hydrogens is 504 g/mol. The van der Waals surface area contributed by atoms with Crippen LogP contribution in [0.1, 0.15) is 154 Å². The highest BCUT2D eigenvalue weighted by molar-refractivity contribution is 8.00. The first-order chi connectivity index (χ1) is 19.3. The van der Waals surface area contributed by atoms with Crippen molar-refractivity contribution in [2.75, 3.05) is 26.4 Å². The lowest BCUT2D eigenvalue weighted by Crippen LogP contribution is -2.15. The van der Waals surface area contributed by atoms with Gasteiger partial charge in [-0.1, -0.05) is 38.5 Å². The van der Waals surface area contributed by atoms with Crippen LogP contribution in [0.3, 0.4) is 0 Å². The zero-order chi connectivity index (χ0) is 26.8. The Morgan fingerprint density at radius 3 is 1.08 bits per heavy atom. The van der Waals surface area contributed by atoms with Crippen molar-refractivity contribution in [3.8, 4) is 0 Å². The molecule has 6 atom stereocenters. The summed E-state index contributed by atoms with van der Waals surface area (Å²) in [5.41, 5.74) is 0. The summed E-state index contributed by atoms with van der Waals surface area (Å²) in [6, 6.07) is 0. The van der Waals surface area contributed by atoms with Crippen LogP contribution in [-0.4, -0.2) is 61.3 Å². The van der Waals surface area contributed by atoms with E-state index in [9.17, 15) is 0 Å². The van der Waals surface area contributed by atoms with Crippen LogP contribution in [0.2, 0.25) is 0 Å². The maximum atomic E-state index is 5.95. The molecule has 4 aliphatic rings. The third-order valence-corrected chi connectivity index (χ3v) is 11.4. The average molecular weight is 567 g/mol. The lowest BCUT2D eigenvalue weighted by Gasteiger charge is -2.25. The maximum Gasteiger partial charge on any atom is 0.0576 e. The molecule has 0 N–H and O–H groups in total. The number of hydrogen-bond acceptors (Lipinski definition) is 5. The number of ether oxygens (including phenoxy) is 4. The molecule has 0 saturated carbocycles. The normalized spacial score (nSPS) is 28.9. The van der Waals surface area contributed by atoms with E-state index in [1.165, 1.54) is 154 Å². The predicted octanol–water partition coefficient (Wildman–Crippen LogP) is 9.41. The first kappa shape index (κ1) is 32.1. The zero-order valence-electron chi connectivity index (χ0n) is 25.3. The summed E-state index contributed by atoms with van der Waals surface area (Å²) >= 11 is 2.39. The Hall–Kier alpha value is 0.190. The van der Waals surface area contributed by atoms with Crippen LogP contribution < -0.4 is 0 Å². The van der Waals surface area contributed by atoms with E-state index in [4.69, 9.17) is 18.9 Å². The van der Waals surface area contributed by atoms with E-state index >= 15 is 0 Å². The van der Waals surface area contributed by atoms with Crippen molar-refractivity contribution < 1.29 is 18.9 Å². The second-order valence-corrected chi connectivity index (χ2v) is 14.7. The largest absolute Gasteiger partial charge is 0.378 e. The second kappa shape index (κ2) is 20.2. The topological polar surface area (TPSA) is 36.9 Å². The monoisotopic (exact) mass is 566 g/mol. The van der Waals surface area contributed by atoms with Gasteiger partial charge in [-0.2, -0.15) is 11.8 Å². The van der Waals surface area contributed by atoms with E-state index in [2.05, 4.69) is 11.8 Å². The summed E-state index contributed by atoms with van der Waals surface area (Å²) in [4.78, 5) is 0.